The second kappa shape index (κ2) is 3.95. The summed E-state index contributed by atoms with van der Waals surface area (Å²) in [6.07, 6.45) is 1.32. The molecular weight excluding hydrogens is 175 g/mol. The molecule has 0 aliphatic rings. The lowest BCUT2D eigenvalue weighted by atomic mass is 10.1. The van der Waals surface area contributed by atoms with Crippen molar-refractivity contribution in [3.8, 4) is 0 Å². The van der Waals surface area contributed by atoms with Gasteiger partial charge in [-0.25, -0.2) is 4.39 Å². The van der Waals surface area contributed by atoms with Crippen LogP contribution in [-0.2, 0) is 9.53 Å². The van der Waals surface area contributed by atoms with Gasteiger partial charge in [-0.1, -0.05) is 0 Å². The Kier molecular flexibility index (Phi) is 2.92. The second-order valence-corrected chi connectivity index (χ2v) is 2.42. The van der Waals surface area contributed by atoms with E-state index >= 15 is 0 Å². The van der Waals surface area contributed by atoms with Crippen LogP contribution in [-0.4, -0.2) is 18.0 Å². The van der Waals surface area contributed by atoms with Gasteiger partial charge in [0.2, 0.25) is 0 Å². The average Bonchev–Trinajstić information content (AvgIpc) is 2.09. The van der Waals surface area contributed by atoms with Crippen LogP contribution in [0.5, 0.6) is 0 Å². The van der Waals surface area contributed by atoms with Crippen LogP contribution in [0.4, 0.5) is 4.39 Å². The predicted molar refractivity (Wildman–Crippen MR) is 43.1 cm³/mol. The van der Waals surface area contributed by atoms with E-state index in [1.807, 2.05) is 0 Å². The van der Waals surface area contributed by atoms with E-state index in [9.17, 15) is 9.18 Å². The number of pyridine rings is 1. The number of methoxy groups -OCH3 is 1. The van der Waals surface area contributed by atoms with E-state index in [2.05, 4.69) is 4.98 Å². The molecule has 0 aliphatic carbocycles. The first-order chi connectivity index (χ1) is 6.16. The van der Waals surface area contributed by atoms with E-state index in [0.29, 0.717) is 0 Å². The number of rotatable bonds is 3. The third-order valence-corrected chi connectivity index (χ3v) is 1.58. The number of ether oxygens (including phenoxy) is 1. The third kappa shape index (κ3) is 2.00. The maximum Gasteiger partial charge on any atom is 0.251 e. The maximum absolute atomic E-state index is 13.0. The van der Waals surface area contributed by atoms with Gasteiger partial charge in [0.15, 0.2) is 6.10 Å². The molecule has 0 radical (unpaired) electrons. The molecular formula is C8H9FN2O2. The van der Waals surface area contributed by atoms with Crippen molar-refractivity contribution in [3.63, 3.8) is 0 Å². The van der Waals surface area contributed by atoms with Gasteiger partial charge < -0.3 is 10.5 Å². The molecule has 1 rings (SSSR count). The van der Waals surface area contributed by atoms with Crippen LogP contribution in [0, 0.1) is 5.82 Å². The first kappa shape index (κ1) is 9.60. The van der Waals surface area contributed by atoms with E-state index in [-0.39, 0.29) is 5.56 Å². The van der Waals surface area contributed by atoms with Crippen LogP contribution in [0.2, 0.25) is 0 Å². The van der Waals surface area contributed by atoms with E-state index < -0.39 is 17.8 Å². The molecule has 1 atom stereocenters. The summed E-state index contributed by atoms with van der Waals surface area (Å²) in [5, 5.41) is 0. The van der Waals surface area contributed by atoms with Crippen molar-refractivity contribution in [2.45, 2.75) is 6.10 Å². The van der Waals surface area contributed by atoms with Crippen molar-refractivity contribution in [2.75, 3.05) is 7.11 Å². The number of carbonyl (C=O) groups excluding carboxylic acids is 1. The zero-order valence-electron chi connectivity index (χ0n) is 7.03. The number of amides is 1. The zero-order chi connectivity index (χ0) is 9.84. The highest BCUT2D eigenvalue weighted by atomic mass is 19.1. The molecule has 2 N–H and O–H groups in total. The third-order valence-electron chi connectivity index (χ3n) is 1.58. The first-order valence-electron chi connectivity index (χ1n) is 3.58. The van der Waals surface area contributed by atoms with Crippen molar-refractivity contribution >= 4 is 5.91 Å². The molecule has 13 heavy (non-hydrogen) atoms. The molecule has 1 aromatic heterocycles. The highest BCUT2D eigenvalue weighted by Crippen LogP contribution is 2.17. The lowest BCUT2D eigenvalue weighted by molar-refractivity contribution is -0.128. The minimum absolute atomic E-state index is 0.102. The summed E-state index contributed by atoms with van der Waals surface area (Å²) in [5.41, 5.74) is 5.10. The summed E-state index contributed by atoms with van der Waals surface area (Å²) in [4.78, 5) is 14.3. The Bertz CT molecular complexity index is 317. The highest BCUT2D eigenvalue weighted by molar-refractivity contribution is 5.80. The van der Waals surface area contributed by atoms with Gasteiger partial charge in [-0.15, -0.1) is 0 Å². The van der Waals surface area contributed by atoms with Crippen LogP contribution in [0.15, 0.2) is 18.5 Å². The van der Waals surface area contributed by atoms with Crippen molar-refractivity contribution in [1.82, 2.24) is 4.98 Å². The van der Waals surface area contributed by atoms with Crippen molar-refractivity contribution in [3.05, 3.63) is 29.8 Å². The van der Waals surface area contributed by atoms with Crippen molar-refractivity contribution < 1.29 is 13.9 Å². The molecule has 0 saturated carbocycles. The number of halogens is 1. The summed E-state index contributed by atoms with van der Waals surface area (Å²) in [7, 11) is 1.29. The molecule has 5 heteroatoms. The standard InChI is InChI=1S/C8H9FN2O2/c1-13-7(8(10)12)5-2-3-11-4-6(5)9/h2-4,7H,1H3,(H2,10,12). The summed E-state index contributed by atoms with van der Waals surface area (Å²) in [6, 6.07) is 1.36. The minimum Gasteiger partial charge on any atom is -0.367 e. The Morgan fingerprint density at radius 3 is 2.92 bits per heavy atom. The molecule has 0 aliphatic heterocycles. The second-order valence-electron chi connectivity index (χ2n) is 2.42. The van der Waals surface area contributed by atoms with Crippen LogP contribution in [0.3, 0.4) is 0 Å². The Balaban J connectivity index is 3.04. The van der Waals surface area contributed by atoms with Gasteiger partial charge in [0.1, 0.15) is 5.82 Å². The molecule has 1 heterocycles. The average molecular weight is 184 g/mol. The Labute approximate surface area is 74.5 Å². The molecule has 0 fully saturated rings. The summed E-state index contributed by atoms with van der Waals surface area (Å²) in [6.45, 7) is 0. The molecule has 70 valence electrons. The normalized spacial score (nSPS) is 12.5. The van der Waals surface area contributed by atoms with Gasteiger partial charge in [0.05, 0.1) is 6.20 Å². The molecule has 4 nitrogen and oxygen atoms in total. The Morgan fingerprint density at radius 2 is 2.46 bits per heavy atom. The van der Waals surface area contributed by atoms with E-state index in [4.69, 9.17) is 10.5 Å². The fourth-order valence-electron chi connectivity index (χ4n) is 0.995. The van der Waals surface area contributed by atoms with Crippen LogP contribution < -0.4 is 5.73 Å². The molecule has 0 saturated heterocycles. The van der Waals surface area contributed by atoms with E-state index in [0.717, 1.165) is 6.20 Å². The number of nitrogens with two attached hydrogens (primary N) is 1. The fourth-order valence-corrected chi connectivity index (χ4v) is 0.995. The number of nitrogens with zero attached hydrogens (tertiary/aromatic N) is 1. The van der Waals surface area contributed by atoms with Crippen LogP contribution in [0.1, 0.15) is 11.7 Å². The van der Waals surface area contributed by atoms with Gasteiger partial charge in [0, 0.05) is 18.9 Å². The van der Waals surface area contributed by atoms with Crippen LogP contribution >= 0.6 is 0 Å². The van der Waals surface area contributed by atoms with E-state index in [1.165, 1.54) is 19.4 Å². The summed E-state index contributed by atoms with van der Waals surface area (Å²) in [5.74, 6) is -1.33. The minimum atomic E-state index is -1.05. The monoisotopic (exact) mass is 184 g/mol. The number of primary amides is 1. The van der Waals surface area contributed by atoms with Gasteiger partial charge >= 0.3 is 0 Å². The smallest absolute Gasteiger partial charge is 0.251 e. The number of aromatic nitrogens is 1. The highest BCUT2D eigenvalue weighted by Gasteiger charge is 2.20. The fraction of sp³-hybridized carbons (Fsp3) is 0.250. The quantitative estimate of drug-likeness (QED) is 0.739. The molecule has 0 aromatic carbocycles. The van der Waals surface area contributed by atoms with Gasteiger partial charge in [-0.3, -0.25) is 9.78 Å². The van der Waals surface area contributed by atoms with Gasteiger partial charge in [0.25, 0.3) is 5.91 Å². The number of hydrogen-bond donors (Lipinski definition) is 1. The lowest BCUT2D eigenvalue weighted by Crippen LogP contribution is -2.23. The van der Waals surface area contributed by atoms with Crippen LogP contribution in [0.25, 0.3) is 0 Å². The topological polar surface area (TPSA) is 65.2 Å². The Hall–Kier alpha value is -1.49. The molecule has 1 unspecified atom stereocenters. The zero-order valence-corrected chi connectivity index (χ0v) is 7.03. The van der Waals surface area contributed by atoms with Crippen molar-refractivity contribution in [1.29, 1.82) is 0 Å². The maximum atomic E-state index is 13.0. The summed E-state index contributed by atoms with van der Waals surface area (Å²) >= 11 is 0. The van der Waals surface area contributed by atoms with Crippen molar-refractivity contribution in [2.24, 2.45) is 5.73 Å². The van der Waals surface area contributed by atoms with Gasteiger partial charge in [-0.2, -0.15) is 0 Å². The molecule has 1 aromatic rings. The first-order valence-corrected chi connectivity index (χ1v) is 3.58. The Morgan fingerprint density at radius 1 is 1.77 bits per heavy atom. The lowest BCUT2D eigenvalue weighted by Gasteiger charge is -2.11. The van der Waals surface area contributed by atoms with Gasteiger partial charge in [-0.05, 0) is 6.07 Å². The SMILES string of the molecule is COC(C(N)=O)c1ccncc1F. The molecule has 0 spiro atoms. The predicted octanol–water partition coefficient (Wildman–Crippen LogP) is 0.393. The molecule has 0 bridgehead atoms. The number of carbonyl (C=O) groups is 1. The largest absolute Gasteiger partial charge is 0.367 e. The molecule has 1 amide bonds. The van der Waals surface area contributed by atoms with E-state index in [1.54, 1.807) is 0 Å². The number of hydrogen-bond acceptors (Lipinski definition) is 3. The summed E-state index contributed by atoms with van der Waals surface area (Å²) < 4.78 is 17.8.